The first kappa shape index (κ1) is 16.4. The Labute approximate surface area is 154 Å². The van der Waals surface area contributed by atoms with Gasteiger partial charge in [0.25, 0.3) is 5.91 Å². The van der Waals surface area contributed by atoms with Crippen LogP contribution in [0, 0.1) is 5.82 Å². The van der Waals surface area contributed by atoms with E-state index in [1.165, 1.54) is 18.2 Å². The van der Waals surface area contributed by atoms with Crippen molar-refractivity contribution < 1.29 is 9.18 Å². The average Bonchev–Trinajstić information content (AvgIpc) is 3.24. The van der Waals surface area contributed by atoms with Crippen LogP contribution < -0.4 is 10.6 Å². The highest BCUT2D eigenvalue weighted by Crippen LogP contribution is 2.35. The molecule has 1 amide bonds. The molecule has 0 unspecified atom stereocenters. The first-order valence-corrected chi connectivity index (χ1v) is 8.46. The number of amides is 1. The summed E-state index contributed by atoms with van der Waals surface area (Å²) in [5, 5.41) is 6.59. The van der Waals surface area contributed by atoms with Crippen molar-refractivity contribution in [2.24, 2.45) is 0 Å². The van der Waals surface area contributed by atoms with Gasteiger partial charge in [-0.15, -0.1) is 0 Å². The largest absolute Gasteiger partial charge is 0.381 e. The number of aromatic nitrogens is 1. The Balaban J connectivity index is 1.60. The van der Waals surface area contributed by atoms with Crippen molar-refractivity contribution in [2.45, 2.75) is 6.54 Å². The minimum Gasteiger partial charge on any atom is -0.381 e. The Kier molecular flexibility index (Phi) is 4.22. The molecule has 0 atom stereocenters. The fraction of sp³-hybridized carbons (Fsp3) is 0.0500. The number of H-pyrrole nitrogens is 1. The van der Waals surface area contributed by atoms with E-state index in [4.69, 9.17) is 11.6 Å². The standard InChI is InChI=1S/C20H15ClFN3O/c21-18-5-3-13(22)8-12(18)11-24-15-4-6-19-16(9-15)17(20(26)25-19)10-14-2-1-7-23-14/h1-10,23-24H,11H2,(H,25,26)/b17-10-. The van der Waals surface area contributed by atoms with Crippen molar-refractivity contribution in [1.82, 2.24) is 4.98 Å². The van der Waals surface area contributed by atoms with Gasteiger partial charge in [0, 0.05) is 40.4 Å². The van der Waals surface area contributed by atoms with Crippen molar-refractivity contribution >= 4 is 40.5 Å². The van der Waals surface area contributed by atoms with Gasteiger partial charge in [0.15, 0.2) is 0 Å². The van der Waals surface area contributed by atoms with E-state index in [0.29, 0.717) is 22.7 Å². The highest BCUT2D eigenvalue weighted by molar-refractivity contribution is 6.35. The molecule has 1 aliphatic rings. The molecule has 0 saturated heterocycles. The van der Waals surface area contributed by atoms with Gasteiger partial charge in [-0.05, 0) is 60.2 Å². The molecule has 4 rings (SSSR count). The summed E-state index contributed by atoms with van der Waals surface area (Å²) in [7, 11) is 0. The van der Waals surface area contributed by atoms with Gasteiger partial charge in [0.05, 0.1) is 5.57 Å². The Bertz CT molecular complexity index is 1010. The van der Waals surface area contributed by atoms with Crippen LogP contribution in [0.4, 0.5) is 15.8 Å². The summed E-state index contributed by atoms with van der Waals surface area (Å²) in [6, 6.07) is 13.7. The summed E-state index contributed by atoms with van der Waals surface area (Å²) >= 11 is 6.10. The van der Waals surface area contributed by atoms with Gasteiger partial charge >= 0.3 is 0 Å². The third-order valence-electron chi connectivity index (χ3n) is 4.22. The van der Waals surface area contributed by atoms with E-state index >= 15 is 0 Å². The fourth-order valence-corrected chi connectivity index (χ4v) is 3.09. The summed E-state index contributed by atoms with van der Waals surface area (Å²) in [5.41, 5.74) is 4.52. The second-order valence-electron chi connectivity index (χ2n) is 5.99. The van der Waals surface area contributed by atoms with E-state index in [2.05, 4.69) is 15.6 Å². The summed E-state index contributed by atoms with van der Waals surface area (Å²) in [6.07, 6.45) is 3.62. The number of anilines is 2. The Morgan fingerprint density at radius 1 is 1.15 bits per heavy atom. The van der Waals surface area contributed by atoms with Gasteiger partial charge in [0.1, 0.15) is 5.82 Å². The normalized spacial score (nSPS) is 14.4. The zero-order valence-corrected chi connectivity index (χ0v) is 14.4. The monoisotopic (exact) mass is 367 g/mol. The number of hydrogen-bond donors (Lipinski definition) is 3. The predicted octanol–water partition coefficient (Wildman–Crippen LogP) is 4.91. The third-order valence-corrected chi connectivity index (χ3v) is 4.58. The summed E-state index contributed by atoms with van der Waals surface area (Å²) < 4.78 is 13.4. The molecule has 3 aromatic rings. The number of aromatic amines is 1. The molecule has 6 heteroatoms. The predicted molar refractivity (Wildman–Crippen MR) is 102 cm³/mol. The lowest BCUT2D eigenvalue weighted by molar-refractivity contribution is -0.110. The Morgan fingerprint density at radius 3 is 2.85 bits per heavy atom. The number of hydrogen-bond acceptors (Lipinski definition) is 2. The van der Waals surface area contributed by atoms with Crippen LogP contribution in [0.2, 0.25) is 5.02 Å². The number of rotatable bonds is 4. The first-order chi connectivity index (χ1) is 12.6. The summed E-state index contributed by atoms with van der Waals surface area (Å²) in [6.45, 7) is 0.381. The van der Waals surface area contributed by atoms with E-state index in [9.17, 15) is 9.18 Å². The van der Waals surface area contributed by atoms with Crippen LogP contribution in [0.25, 0.3) is 11.6 Å². The van der Waals surface area contributed by atoms with E-state index < -0.39 is 0 Å². The smallest absolute Gasteiger partial charge is 0.256 e. The van der Waals surface area contributed by atoms with Crippen LogP contribution in [0.5, 0.6) is 0 Å². The Morgan fingerprint density at radius 2 is 2.04 bits per heavy atom. The Hall–Kier alpha value is -3.05. The van der Waals surface area contributed by atoms with Gasteiger partial charge in [-0.3, -0.25) is 4.79 Å². The van der Waals surface area contributed by atoms with Crippen LogP contribution in [0.3, 0.4) is 0 Å². The molecule has 2 aromatic carbocycles. The van der Waals surface area contributed by atoms with Crippen LogP contribution in [0.15, 0.2) is 54.7 Å². The number of benzene rings is 2. The van der Waals surface area contributed by atoms with Crippen LogP contribution >= 0.6 is 11.6 Å². The molecule has 0 bridgehead atoms. The molecular formula is C20H15ClFN3O. The van der Waals surface area contributed by atoms with E-state index in [1.54, 1.807) is 6.20 Å². The highest BCUT2D eigenvalue weighted by Gasteiger charge is 2.24. The lowest BCUT2D eigenvalue weighted by Crippen LogP contribution is -2.03. The molecule has 1 aliphatic heterocycles. The molecule has 130 valence electrons. The summed E-state index contributed by atoms with van der Waals surface area (Å²) in [4.78, 5) is 15.3. The molecule has 26 heavy (non-hydrogen) atoms. The second-order valence-corrected chi connectivity index (χ2v) is 6.39. The van der Waals surface area contributed by atoms with Gasteiger partial charge in [-0.2, -0.15) is 0 Å². The van der Waals surface area contributed by atoms with Gasteiger partial charge < -0.3 is 15.6 Å². The molecule has 4 nitrogen and oxygen atoms in total. The molecule has 0 aliphatic carbocycles. The van der Waals surface area contributed by atoms with Crippen molar-refractivity contribution in [3.8, 4) is 0 Å². The third kappa shape index (κ3) is 3.21. The fourth-order valence-electron chi connectivity index (χ4n) is 2.91. The zero-order chi connectivity index (χ0) is 18.1. The van der Waals surface area contributed by atoms with Crippen LogP contribution in [0.1, 0.15) is 16.8 Å². The van der Waals surface area contributed by atoms with Gasteiger partial charge in [-0.25, -0.2) is 4.39 Å². The second kappa shape index (κ2) is 6.69. The molecule has 0 spiro atoms. The van der Waals surface area contributed by atoms with Crippen molar-refractivity contribution in [2.75, 3.05) is 10.6 Å². The SMILES string of the molecule is O=C1Nc2ccc(NCc3cc(F)ccc3Cl)cc2/C1=C/c1ccc[nH]1. The van der Waals surface area contributed by atoms with E-state index in [1.807, 2.05) is 36.4 Å². The van der Waals surface area contributed by atoms with Gasteiger partial charge in [-0.1, -0.05) is 11.6 Å². The molecule has 0 radical (unpaired) electrons. The maximum Gasteiger partial charge on any atom is 0.256 e. The zero-order valence-electron chi connectivity index (χ0n) is 13.6. The lowest BCUT2D eigenvalue weighted by atomic mass is 10.0. The van der Waals surface area contributed by atoms with E-state index in [-0.39, 0.29) is 11.7 Å². The number of halogens is 2. The quantitative estimate of drug-likeness (QED) is 0.574. The molecule has 0 saturated carbocycles. The topological polar surface area (TPSA) is 56.9 Å². The lowest BCUT2D eigenvalue weighted by Gasteiger charge is -2.10. The number of fused-ring (bicyclic) bond motifs is 1. The average molecular weight is 368 g/mol. The molecule has 2 heterocycles. The number of carbonyl (C=O) groups is 1. The molecular weight excluding hydrogens is 353 g/mol. The molecule has 0 fully saturated rings. The minimum atomic E-state index is -0.328. The first-order valence-electron chi connectivity index (χ1n) is 8.09. The summed E-state index contributed by atoms with van der Waals surface area (Å²) in [5.74, 6) is -0.467. The van der Waals surface area contributed by atoms with Gasteiger partial charge in [0.2, 0.25) is 0 Å². The van der Waals surface area contributed by atoms with E-state index in [0.717, 1.165) is 22.6 Å². The van der Waals surface area contributed by atoms with Crippen LogP contribution in [-0.2, 0) is 11.3 Å². The molecule has 1 aromatic heterocycles. The minimum absolute atomic E-state index is 0.139. The van der Waals surface area contributed by atoms with Crippen molar-refractivity contribution in [3.63, 3.8) is 0 Å². The highest BCUT2D eigenvalue weighted by atomic mass is 35.5. The maximum atomic E-state index is 13.4. The number of nitrogens with one attached hydrogen (secondary N) is 3. The van der Waals surface area contributed by atoms with Crippen molar-refractivity contribution in [1.29, 1.82) is 0 Å². The van der Waals surface area contributed by atoms with Crippen LogP contribution in [-0.4, -0.2) is 10.9 Å². The maximum absolute atomic E-state index is 13.4. The molecule has 3 N–H and O–H groups in total. The number of carbonyl (C=O) groups excluding carboxylic acids is 1. The van der Waals surface area contributed by atoms with Crippen molar-refractivity contribution in [3.05, 3.63) is 82.4 Å².